The number of anilines is 1. The number of carbonyl (C=O) groups is 2. The molecule has 1 aromatic heterocycles. The summed E-state index contributed by atoms with van der Waals surface area (Å²) in [7, 11) is 0. The van der Waals surface area contributed by atoms with Crippen LogP contribution in [0.3, 0.4) is 0 Å². The van der Waals surface area contributed by atoms with Crippen molar-refractivity contribution in [2.45, 2.75) is 32.9 Å². The van der Waals surface area contributed by atoms with E-state index in [9.17, 15) is 9.59 Å². The fourth-order valence-electron chi connectivity index (χ4n) is 1.96. The summed E-state index contributed by atoms with van der Waals surface area (Å²) >= 11 is 1.52. The third-order valence-electron chi connectivity index (χ3n) is 3.12. The topological polar surface area (TPSA) is 74.3 Å². The lowest BCUT2D eigenvalue weighted by Crippen LogP contribution is -2.57. The van der Waals surface area contributed by atoms with Gasteiger partial charge < -0.3 is 10.2 Å². The molecular formula is C12H18N4O2S. The van der Waals surface area contributed by atoms with Gasteiger partial charge in [-0.1, -0.05) is 6.92 Å². The molecule has 6 nitrogen and oxygen atoms in total. The SMILES string of the molecule is CCNC(C)c1cnc(N2CC(=O)NC(=O)C2C)s1. The first-order valence-electron chi connectivity index (χ1n) is 6.32. The van der Waals surface area contributed by atoms with Crippen molar-refractivity contribution in [2.75, 3.05) is 18.0 Å². The van der Waals surface area contributed by atoms with Gasteiger partial charge in [0, 0.05) is 17.1 Å². The Morgan fingerprint density at radius 2 is 2.37 bits per heavy atom. The summed E-state index contributed by atoms with van der Waals surface area (Å²) in [5, 5.41) is 6.35. The van der Waals surface area contributed by atoms with Gasteiger partial charge in [-0.05, 0) is 20.4 Å². The highest BCUT2D eigenvalue weighted by Gasteiger charge is 2.32. The molecule has 0 radical (unpaired) electrons. The summed E-state index contributed by atoms with van der Waals surface area (Å²) in [5.41, 5.74) is 0. The first-order chi connectivity index (χ1) is 9.02. The molecule has 7 heteroatoms. The minimum Gasteiger partial charge on any atom is -0.327 e. The van der Waals surface area contributed by atoms with E-state index in [1.54, 1.807) is 18.0 Å². The van der Waals surface area contributed by atoms with Crippen LogP contribution in [-0.2, 0) is 9.59 Å². The summed E-state index contributed by atoms with van der Waals surface area (Å²) in [6.07, 6.45) is 1.80. The summed E-state index contributed by atoms with van der Waals surface area (Å²) in [4.78, 5) is 30.2. The van der Waals surface area contributed by atoms with Gasteiger partial charge in [0.2, 0.25) is 11.8 Å². The number of carbonyl (C=O) groups excluding carboxylic acids is 2. The van der Waals surface area contributed by atoms with Crippen LogP contribution in [0.5, 0.6) is 0 Å². The lowest BCUT2D eigenvalue weighted by atomic mass is 10.2. The van der Waals surface area contributed by atoms with Gasteiger partial charge in [-0.25, -0.2) is 4.98 Å². The molecule has 2 rings (SSSR count). The molecule has 0 saturated carbocycles. The van der Waals surface area contributed by atoms with Gasteiger partial charge in [0.25, 0.3) is 0 Å². The number of imide groups is 1. The second-order valence-corrected chi connectivity index (χ2v) is 5.58. The third-order valence-corrected chi connectivity index (χ3v) is 4.33. The quantitative estimate of drug-likeness (QED) is 0.794. The highest BCUT2D eigenvalue weighted by Crippen LogP contribution is 2.28. The van der Waals surface area contributed by atoms with E-state index >= 15 is 0 Å². The largest absolute Gasteiger partial charge is 0.327 e. The number of hydrogen-bond donors (Lipinski definition) is 2. The average molecular weight is 282 g/mol. The Labute approximate surface area is 116 Å². The van der Waals surface area contributed by atoms with Crippen molar-refractivity contribution < 1.29 is 9.59 Å². The van der Waals surface area contributed by atoms with Gasteiger partial charge in [0.1, 0.15) is 12.6 Å². The first kappa shape index (κ1) is 14.0. The molecule has 1 fully saturated rings. The maximum Gasteiger partial charge on any atom is 0.249 e. The molecule has 2 unspecified atom stereocenters. The summed E-state index contributed by atoms with van der Waals surface area (Å²) in [6.45, 7) is 6.95. The van der Waals surface area contributed by atoms with Crippen molar-refractivity contribution in [3.63, 3.8) is 0 Å². The molecular weight excluding hydrogens is 264 g/mol. The number of amides is 2. The fraction of sp³-hybridized carbons (Fsp3) is 0.583. The van der Waals surface area contributed by atoms with Crippen LogP contribution >= 0.6 is 11.3 Å². The van der Waals surface area contributed by atoms with Gasteiger partial charge in [-0.3, -0.25) is 14.9 Å². The maximum atomic E-state index is 11.6. The number of rotatable bonds is 4. The molecule has 1 aliphatic heterocycles. The molecule has 0 aromatic carbocycles. The van der Waals surface area contributed by atoms with Gasteiger partial charge >= 0.3 is 0 Å². The van der Waals surface area contributed by atoms with Crippen LogP contribution in [0.25, 0.3) is 0 Å². The van der Waals surface area contributed by atoms with Gasteiger partial charge in [-0.15, -0.1) is 11.3 Å². The van der Waals surface area contributed by atoms with Gasteiger partial charge in [0.15, 0.2) is 5.13 Å². The Hall–Kier alpha value is -1.47. The second kappa shape index (κ2) is 5.66. The molecule has 1 aliphatic rings. The zero-order valence-corrected chi connectivity index (χ0v) is 12.1. The summed E-state index contributed by atoms with van der Waals surface area (Å²) < 4.78 is 0. The first-order valence-corrected chi connectivity index (χ1v) is 7.14. The number of nitrogens with zero attached hydrogens (tertiary/aromatic N) is 2. The van der Waals surface area contributed by atoms with Gasteiger partial charge in [0.05, 0.1) is 0 Å². The van der Waals surface area contributed by atoms with E-state index in [0.717, 1.165) is 16.6 Å². The van der Waals surface area contributed by atoms with Crippen LogP contribution < -0.4 is 15.5 Å². The molecule has 2 N–H and O–H groups in total. The molecule has 1 saturated heterocycles. The molecule has 2 atom stereocenters. The normalized spacial score (nSPS) is 21.4. The smallest absolute Gasteiger partial charge is 0.249 e. The minimum absolute atomic E-state index is 0.176. The van der Waals surface area contributed by atoms with E-state index < -0.39 is 0 Å². The van der Waals surface area contributed by atoms with Crippen molar-refractivity contribution in [3.8, 4) is 0 Å². The number of aromatic nitrogens is 1. The Morgan fingerprint density at radius 1 is 1.63 bits per heavy atom. The zero-order chi connectivity index (χ0) is 14.0. The Kier molecular flexibility index (Phi) is 4.16. The lowest BCUT2D eigenvalue weighted by molar-refractivity contribution is -0.132. The van der Waals surface area contributed by atoms with E-state index in [1.165, 1.54) is 11.3 Å². The predicted molar refractivity (Wildman–Crippen MR) is 74.2 cm³/mol. The van der Waals surface area contributed by atoms with Crippen LogP contribution in [-0.4, -0.2) is 35.9 Å². The van der Waals surface area contributed by atoms with E-state index in [1.807, 2.05) is 6.92 Å². The van der Waals surface area contributed by atoms with Crippen LogP contribution in [0.4, 0.5) is 5.13 Å². The average Bonchev–Trinajstić information content (AvgIpc) is 2.83. The van der Waals surface area contributed by atoms with Gasteiger partial charge in [-0.2, -0.15) is 0 Å². The number of hydrogen-bond acceptors (Lipinski definition) is 6. The van der Waals surface area contributed by atoms with Crippen LogP contribution in [0.15, 0.2) is 6.20 Å². The Balaban J connectivity index is 2.17. The monoisotopic (exact) mass is 282 g/mol. The molecule has 0 bridgehead atoms. The highest BCUT2D eigenvalue weighted by molar-refractivity contribution is 7.15. The van der Waals surface area contributed by atoms with Crippen LogP contribution in [0, 0.1) is 0 Å². The molecule has 2 amide bonds. The lowest BCUT2D eigenvalue weighted by Gasteiger charge is -2.31. The number of thiazole rings is 1. The Bertz CT molecular complexity index is 488. The second-order valence-electron chi connectivity index (χ2n) is 4.54. The summed E-state index contributed by atoms with van der Waals surface area (Å²) in [6, 6.07) is -0.146. The zero-order valence-electron chi connectivity index (χ0n) is 11.3. The van der Waals surface area contributed by atoms with Crippen LogP contribution in [0.2, 0.25) is 0 Å². The molecule has 0 spiro atoms. The molecule has 0 aliphatic carbocycles. The standard InChI is InChI=1S/C12H18N4O2S/c1-4-13-7(2)9-5-14-12(19-9)16-6-10(17)15-11(18)8(16)3/h5,7-8,13H,4,6H2,1-3H3,(H,15,17,18). The fourth-order valence-corrected chi connectivity index (χ4v) is 2.99. The molecule has 104 valence electrons. The third kappa shape index (κ3) is 2.93. The van der Waals surface area contributed by atoms with E-state index in [-0.39, 0.29) is 30.4 Å². The van der Waals surface area contributed by atoms with Crippen molar-refractivity contribution in [1.82, 2.24) is 15.6 Å². The van der Waals surface area contributed by atoms with E-state index in [2.05, 4.69) is 22.5 Å². The Morgan fingerprint density at radius 3 is 3.05 bits per heavy atom. The van der Waals surface area contributed by atoms with E-state index in [0.29, 0.717) is 0 Å². The highest BCUT2D eigenvalue weighted by atomic mass is 32.1. The van der Waals surface area contributed by atoms with Crippen molar-refractivity contribution in [2.24, 2.45) is 0 Å². The number of nitrogens with one attached hydrogen (secondary N) is 2. The predicted octanol–water partition coefficient (Wildman–Crippen LogP) is 0.665. The molecule has 1 aromatic rings. The van der Waals surface area contributed by atoms with Crippen LogP contribution in [0.1, 0.15) is 31.7 Å². The van der Waals surface area contributed by atoms with Crippen molar-refractivity contribution in [3.05, 3.63) is 11.1 Å². The molecule has 2 heterocycles. The van der Waals surface area contributed by atoms with Crippen molar-refractivity contribution >= 4 is 28.3 Å². The van der Waals surface area contributed by atoms with Crippen molar-refractivity contribution in [1.29, 1.82) is 0 Å². The molecule has 19 heavy (non-hydrogen) atoms. The number of piperazine rings is 1. The van der Waals surface area contributed by atoms with E-state index in [4.69, 9.17) is 0 Å². The maximum absolute atomic E-state index is 11.6. The summed E-state index contributed by atoms with van der Waals surface area (Å²) in [5.74, 6) is -0.549. The minimum atomic E-state index is -0.369.